The number of nitrogens with zero attached hydrogens (tertiary/aromatic N) is 1. The Morgan fingerprint density at radius 3 is 2.76 bits per heavy atom. The van der Waals surface area contributed by atoms with Gasteiger partial charge in [-0.15, -0.1) is 0 Å². The summed E-state index contributed by atoms with van der Waals surface area (Å²) in [6, 6.07) is 3.12. The lowest BCUT2D eigenvalue weighted by Gasteiger charge is -2.15. The van der Waals surface area contributed by atoms with Crippen molar-refractivity contribution in [2.45, 2.75) is 32.6 Å². The van der Waals surface area contributed by atoms with Crippen LogP contribution in [0, 0.1) is 5.92 Å². The summed E-state index contributed by atoms with van der Waals surface area (Å²) in [4.78, 5) is 4.21. The minimum atomic E-state index is -4.47. The fourth-order valence-electron chi connectivity index (χ4n) is 2.80. The van der Waals surface area contributed by atoms with Gasteiger partial charge in [0.2, 0.25) is 5.89 Å². The van der Waals surface area contributed by atoms with Gasteiger partial charge in [-0.1, -0.05) is 25.7 Å². The third-order valence-corrected chi connectivity index (χ3v) is 4.59. The van der Waals surface area contributed by atoms with Crippen LogP contribution in [0.4, 0.5) is 17.6 Å². The van der Waals surface area contributed by atoms with Crippen LogP contribution in [0.15, 0.2) is 64.8 Å². The first kappa shape index (κ1) is 20.9. The first-order chi connectivity index (χ1) is 13.7. The van der Waals surface area contributed by atoms with E-state index in [-0.39, 0.29) is 29.5 Å². The Labute approximate surface area is 166 Å². The van der Waals surface area contributed by atoms with Crippen molar-refractivity contribution in [2.24, 2.45) is 5.92 Å². The van der Waals surface area contributed by atoms with Crippen molar-refractivity contribution in [3.63, 3.8) is 0 Å². The molecule has 2 unspecified atom stereocenters. The molecule has 154 valence electrons. The molecule has 2 atom stereocenters. The zero-order valence-corrected chi connectivity index (χ0v) is 16.1. The summed E-state index contributed by atoms with van der Waals surface area (Å²) >= 11 is 0. The Hall–Kier alpha value is -2.83. The molecular formula is C22H21F4NO2. The van der Waals surface area contributed by atoms with Gasteiger partial charge in [-0.25, -0.2) is 9.37 Å². The molecule has 0 bridgehead atoms. The van der Waals surface area contributed by atoms with Gasteiger partial charge in [0.05, 0.1) is 11.1 Å². The molecule has 0 aliphatic heterocycles. The summed E-state index contributed by atoms with van der Waals surface area (Å²) in [7, 11) is 0. The van der Waals surface area contributed by atoms with Crippen molar-refractivity contribution >= 4 is 16.7 Å². The lowest BCUT2D eigenvalue weighted by molar-refractivity contribution is -0.137. The van der Waals surface area contributed by atoms with E-state index in [1.165, 1.54) is 6.07 Å². The predicted molar refractivity (Wildman–Crippen MR) is 104 cm³/mol. The second-order valence-electron chi connectivity index (χ2n) is 6.89. The van der Waals surface area contributed by atoms with Crippen LogP contribution < -0.4 is 0 Å². The Kier molecular flexibility index (Phi) is 5.96. The van der Waals surface area contributed by atoms with Crippen LogP contribution in [0.2, 0.25) is 0 Å². The minimum Gasteiger partial charge on any atom is -0.490 e. The third kappa shape index (κ3) is 4.78. The number of oxazole rings is 1. The van der Waals surface area contributed by atoms with Crippen molar-refractivity contribution in [1.29, 1.82) is 0 Å². The molecule has 0 saturated heterocycles. The van der Waals surface area contributed by atoms with Gasteiger partial charge in [0.1, 0.15) is 17.9 Å². The molecule has 1 aromatic carbocycles. The van der Waals surface area contributed by atoms with E-state index in [9.17, 15) is 17.6 Å². The maximum atomic E-state index is 14.0. The fourth-order valence-corrected chi connectivity index (χ4v) is 2.80. The van der Waals surface area contributed by atoms with E-state index in [1.54, 1.807) is 19.1 Å². The van der Waals surface area contributed by atoms with Crippen LogP contribution in [0.5, 0.6) is 0 Å². The van der Waals surface area contributed by atoms with Crippen LogP contribution in [0.3, 0.4) is 0 Å². The molecule has 3 rings (SSSR count). The lowest BCUT2D eigenvalue weighted by atomic mass is 10.1. The van der Waals surface area contributed by atoms with E-state index >= 15 is 0 Å². The highest BCUT2D eigenvalue weighted by atomic mass is 19.4. The largest absolute Gasteiger partial charge is 0.490 e. The number of ether oxygens (including phenoxy) is 1. The van der Waals surface area contributed by atoms with Gasteiger partial charge < -0.3 is 9.15 Å². The summed E-state index contributed by atoms with van der Waals surface area (Å²) in [6.07, 6.45) is 2.27. The van der Waals surface area contributed by atoms with Crippen LogP contribution in [-0.4, -0.2) is 17.8 Å². The summed E-state index contributed by atoms with van der Waals surface area (Å²) in [5, 5.41) is 0. The average Bonchev–Trinajstić information content (AvgIpc) is 2.97. The molecule has 0 fully saturated rings. The number of alkyl halides is 4. The van der Waals surface area contributed by atoms with Crippen LogP contribution in [0.25, 0.3) is 16.7 Å². The first-order valence-corrected chi connectivity index (χ1v) is 9.20. The third-order valence-electron chi connectivity index (χ3n) is 4.59. The molecule has 0 radical (unpaired) electrons. The predicted octanol–water partition coefficient (Wildman–Crippen LogP) is 6.64. The second kappa shape index (κ2) is 8.27. The molecule has 0 amide bonds. The summed E-state index contributed by atoms with van der Waals surface area (Å²) < 4.78 is 64.2. The van der Waals surface area contributed by atoms with Gasteiger partial charge in [0, 0.05) is 0 Å². The number of fused-ring (bicyclic) bond motifs is 1. The second-order valence-corrected chi connectivity index (χ2v) is 6.89. The number of rotatable bonds is 6. The van der Waals surface area contributed by atoms with Gasteiger partial charge in [-0.3, -0.25) is 0 Å². The van der Waals surface area contributed by atoms with Gasteiger partial charge in [0.25, 0.3) is 0 Å². The van der Waals surface area contributed by atoms with Gasteiger partial charge >= 0.3 is 6.18 Å². The standard InChI is InChI=1S/C22H21F4NO2/c1-4-14-6-5-7-16(20(10-14)28-12-17(23)13(2)3)21-27-18-11-15(22(24,25)26)8-9-19(18)29-21/h5-11,14,17H,2,4,12H2,1,3H3. The highest BCUT2D eigenvalue weighted by molar-refractivity contribution is 5.81. The zero-order chi connectivity index (χ0) is 21.2. The Bertz CT molecular complexity index is 998. The van der Waals surface area contributed by atoms with Gasteiger partial charge in [-0.2, -0.15) is 13.2 Å². The number of allylic oxidation sites excluding steroid dienone is 5. The number of hydrogen-bond acceptors (Lipinski definition) is 3. The molecule has 0 saturated carbocycles. The Morgan fingerprint density at radius 2 is 2.10 bits per heavy atom. The number of halogens is 4. The molecule has 0 spiro atoms. The van der Waals surface area contributed by atoms with Crippen LogP contribution in [-0.2, 0) is 10.9 Å². The molecular weight excluding hydrogens is 386 g/mol. The molecule has 1 aliphatic rings. The maximum Gasteiger partial charge on any atom is 0.416 e. The van der Waals surface area contributed by atoms with E-state index in [1.807, 2.05) is 19.1 Å². The SMILES string of the molecule is C=C(C)C(F)COC1=CC(CC)C=CC=C1c1nc2cc(C(F)(F)F)ccc2o1. The normalized spacial score (nSPS) is 18.2. The molecule has 7 heteroatoms. The Morgan fingerprint density at radius 1 is 1.34 bits per heavy atom. The highest BCUT2D eigenvalue weighted by Crippen LogP contribution is 2.34. The van der Waals surface area contributed by atoms with Crippen molar-refractivity contribution < 1.29 is 26.7 Å². The number of benzene rings is 1. The summed E-state index contributed by atoms with van der Waals surface area (Å²) in [5.74, 6) is 0.536. The van der Waals surface area contributed by atoms with Crippen molar-refractivity contribution in [1.82, 2.24) is 4.98 Å². The zero-order valence-electron chi connectivity index (χ0n) is 16.1. The highest BCUT2D eigenvalue weighted by Gasteiger charge is 2.31. The van der Waals surface area contributed by atoms with Crippen LogP contribution in [0.1, 0.15) is 31.7 Å². The van der Waals surface area contributed by atoms with Crippen molar-refractivity contribution in [3.8, 4) is 0 Å². The van der Waals surface area contributed by atoms with E-state index in [0.717, 1.165) is 18.6 Å². The first-order valence-electron chi connectivity index (χ1n) is 9.20. The molecule has 0 N–H and O–H groups in total. The number of aromatic nitrogens is 1. The number of hydrogen-bond donors (Lipinski definition) is 0. The lowest BCUT2D eigenvalue weighted by Crippen LogP contribution is -2.12. The van der Waals surface area contributed by atoms with E-state index < -0.39 is 17.9 Å². The molecule has 3 nitrogen and oxygen atoms in total. The molecule has 2 aromatic rings. The molecule has 1 heterocycles. The molecule has 1 aliphatic carbocycles. The smallest absolute Gasteiger partial charge is 0.416 e. The molecule has 1 aromatic heterocycles. The van der Waals surface area contributed by atoms with E-state index in [2.05, 4.69) is 11.6 Å². The maximum absolute atomic E-state index is 14.0. The Balaban J connectivity index is 1.98. The van der Waals surface area contributed by atoms with E-state index in [4.69, 9.17) is 9.15 Å². The molecule has 29 heavy (non-hydrogen) atoms. The van der Waals surface area contributed by atoms with Gasteiger partial charge in [-0.05, 0) is 55.2 Å². The van der Waals surface area contributed by atoms with E-state index in [0.29, 0.717) is 16.9 Å². The van der Waals surface area contributed by atoms with Crippen LogP contribution >= 0.6 is 0 Å². The summed E-state index contributed by atoms with van der Waals surface area (Å²) in [5.41, 5.74) is 0.284. The summed E-state index contributed by atoms with van der Waals surface area (Å²) in [6.45, 7) is 6.92. The van der Waals surface area contributed by atoms with Crippen molar-refractivity contribution in [3.05, 3.63) is 71.9 Å². The monoisotopic (exact) mass is 407 g/mol. The average molecular weight is 407 g/mol. The van der Waals surface area contributed by atoms with Gasteiger partial charge in [0.15, 0.2) is 11.8 Å². The minimum absolute atomic E-state index is 0.0582. The van der Waals surface area contributed by atoms with Crippen molar-refractivity contribution in [2.75, 3.05) is 6.61 Å². The topological polar surface area (TPSA) is 35.3 Å². The fraction of sp³-hybridized carbons (Fsp3) is 0.318. The quantitative estimate of drug-likeness (QED) is 0.398.